The van der Waals surface area contributed by atoms with Crippen molar-refractivity contribution in [2.45, 2.75) is 20.4 Å². The van der Waals surface area contributed by atoms with Gasteiger partial charge in [-0.2, -0.15) is 0 Å². The summed E-state index contributed by atoms with van der Waals surface area (Å²) in [7, 11) is 0. The molecule has 0 fully saturated rings. The first-order valence-corrected chi connectivity index (χ1v) is 7.57. The molecule has 0 aliphatic rings. The number of aryl methyl sites for hydroxylation is 2. The maximum Gasteiger partial charge on any atom is 0.0897 e. The molecule has 0 bridgehead atoms. The molecular weight excluding hydrogens is 364 g/mol. The van der Waals surface area contributed by atoms with Crippen molar-refractivity contribution in [2.75, 3.05) is 5.32 Å². The van der Waals surface area contributed by atoms with Crippen LogP contribution in [0.5, 0.6) is 0 Å². The number of hydrogen-bond donors (Lipinski definition) is 1. The van der Waals surface area contributed by atoms with E-state index in [0.29, 0.717) is 0 Å². The van der Waals surface area contributed by atoms with Crippen LogP contribution < -0.4 is 5.32 Å². The third-order valence-corrected chi connectivity index (χ3v) is 4.46. The molecule has 1 N–H and O–H groups in total. The van der Waals surface area contributed by atoms with E-state index in [1.165, 1.54) is 10.4 Å². The van der Waals surface area contributed by atoms with E-state index in [1.807, 2.05) is 13.1 Å². The number of nitrogens with zero attached hydrogens (tertiary/aromatic N) is 1. The van der Waals surface area contributed by atoms with Crippen molar-refractivity contribution in [3.05, 3.63) is 42.7 Å². The van der Waals surface area contributed by atoms with E-state index in [0.717, 1.165) is 26.2 Å². The third-order valence-electron chi connectivity index (χ3n) is 2.29. The number of anilines is 1. The Labute approximate surface area is 122 Å². The molecular formula is C12H12Br2N2S. The van der Waals surface area contributed by atoms with Crippen LogP contribution in [0.4, 0.5) is 5.69 Å². The summed E-state index contributed by atoms with van der Waals surface area (Å²) in [5.74, 6) is 0. The van der Waals surface area contributed by atoms with Gasteiger partial charge in [-0.25, -0.2) is 4.98 Å². The number of halogens is 2. The molecule has 0 aliphatic heterocycles. The quantitative estimate of drug-likeness (QED) is 0.825. The van der Waals surface area contributed by atoms with Gasteiger partial charge in [0.2, 0.25) is 0 Å². The Morgan fingerprint density at radius 1 is 1.24 bits per heavy atom. The normalized spacial score (nSPS) is 10.6. The molecule has 5 heteroatoms. The fourth-order valence-corrected chi connectivity index (χ4v) is 3.96. The van der Waals surface area contributed by atoms with E-state index < -0.39 is 0 Å². The molecule has 2 rings (SSSR count). The highest BCUT2D eigenvalue weighted by molar-refractivity contribution is 9.11. The number of rotatable bonds is 3. The highest BCUT2D eigenvalue weighted by Gasteiger charge is 2.06. The van der Waals surface area contributed by atoms with Crippen LogP contribution in [0.25, 0.3) is 0 Å². The van der Waals surface area contributed by atoms with E-state index in [-0.39, 0.29) is 0 Å². The molecule has 0 saturated heterocycles. The summed E-state index contributed by atoms with van der Waals surface area (Å²) in [5.41, 5.74) is 2.31. The third kappa shape index (κ3) is 3.30. The number of hydrogen-bond acceptors (Lipinski definition) is 3. The predicted octanol–water partition coefficient (Wildman–Crippen LogP) is 4.90. The highest BCUT2D eigenvalue weighted by Crippen LogP contribution is 2.32. The lowest BCUT2D eigenvalue weighted by Gasteiger charge is -2.10. The molecule has 1 heterocycles. The second kappa shape index (κ2) is 5.50. The maximum atomic E-state index is 4.24. The average molecular weight is 376 g/mol. The van der Waals surface area contributed by atoms with Gasteiger partial charge in [-0.05, 0) is 63.4 Å². The Balaban J connectivity index is 2.14. The van der Waals surface area contributed by atoms with Gasteiger partial charge in [-0.1, -0.05) is 0 Å². The predicted molar refractivity (Wildman–Crippen MR) is 80.8 cm³/mol. The van der Waals surface area contributed by atoms with E-state index in [1.54, 1.807) is 11.3 Å². The molecule has 0 unspecified atom stereocenters. The summed E-state index contributed by atoms with van der Waals surface area (Å²) in [4.78, 5) is 5.48. The second-order valence-electron chi connectivity index (χ2n) is 3.80. The average Bonchev–Trinajstić information content (AvgIpc) is 2.62. The Hall–Kier alpha value is -0.390. The van der Waals surface area contributed by atoms with Crippen molar-refractivity contribution >= 4 is 48.9 Å². The van der Waals surface area contributed by atoms with Gasteiger partial charge in [0, 0.05) is 20.0 Å². The molecule has 90 valence electrons. The Kier molecular flexibility index (Phi) is 4.22. The van der Waals surface area contributed by atoms with Gasteiger partial charge < -0.3 is 5.32 Å². The first-order chi connectivity index (χ1) is 8.06. The minimum absolute atomic E-state index is 0.797. The van der Waals surface area contributed by atoms with E-state index in [4.69, 9.17) is 0 Å². The lowest BCUT2D eigenvalue weighted by molar-refractivity contribution is 1.16. The van der Waals surface area contributed by atoms with Crippen LogP contribution in [0.2, 0.25) is 0 Å². The molecule has 1 aromatic heterocycles. The van der Waals surface area contributed by atoms with Crippen LogP contribution in [0.3, 0.4) is 0 Å². The smallest absolute Gasteiger partial charge is 0.0897 e. The van der Waals surface area contributed by atoms with Crippen LogP contribution in [-0.4, -0.2) is 4.98 Å². The van der Waals surface area contributed by atoms with Gasteiger partial charge in [0.15, 0.2) is 0 Å². The monoisotopic (exact) mass is 374 g/mol. The zero-order valence-electron chi connectivity index (χ0n) is 9.55. The van der Waals surface area contributed by atoms with Crippen molar-refractivity contribution in [2.24, 2.45) is 0 Å². The van der Waals surface area contributed by atoms with Crippen LogP contribution in [0, 0.1) is 13.8 Å². The minimum atomic E-state index is 0.797. The van der Waals surface area contributed by atoms with Crippen molar-refractivity contribution < 1.29 is 0 Å². The maximum absolute atomic E-state index is 4.24. The fourth-order valence-electron chi connectivity index (χ4n) is 1.53. The van der Waals surface area contributed by atoms with Crippen molar-refractivity contribution in [3.63, 3.8) is 0 Å². The first kappa shape index (κ1) is 13.1. The molecule has 0 aliphatic carbocycles. The van der Waals surface area contributed by atoms with Crippen LogP contribution >= 0.6 is 43.2 Å². The zero-order chi connectivity index (χ0) is 12.4. The van der Waals surface area contributed by atoms with Crippen molar-refractivity contribution in [3.8, 4) is 0 Å². The Bertz CT molecular complexity index is 514. The molecule has 0 amide bonds. The largest absolute Gasteiger partial charge is 0.378 e. The van der Waals surface area contributed by atoms with E-state index in [9.17, 15) is 0 Å². The Morgan fingerprint density at radius 2 is 1.88 bits per heavy atom. The highest BCUT2D eigenvalue weighted by atomic mass is 79.9. The molecule has 0 radical (unpaired) electrons. The lowest BCUT2D eigenvalue weighted by Crippen LogP contribution is -1.99. The minimum Gasteiger partial charge on any atom is -0.378 e. The van der Waals surface area contributed by atoms with Gasteiger partial charge in [0.05, 0.1) is 17.2 Å². The molecule has 2 aromatic rings. The van der Waals surface area contributed by atoms with Crippen LogP contribution in [0.1, 0.15) is 15.4 Å². The van der Waals surface area contributed by atoms with Crippen molar-refractivity contribution in [1.82, 2.24) is 4.98 Å². The molecule has 17 heavy (non-hydrogen) atoms. The number of thiazole rings is 1. The summed E-state index contributed by atoms with van der Waals surface area (Å²) in [5, 5.41) is 4.52. The SMILES string of the molecule is Cc1cc(Br)c(NCc2cnc(C)s2)c(Br)c1. The standard InChI is InChI=1S/C12H12Br2N2S/c1-7-3-10(13)12(11(14)4-7)16-6-9-5-15-8(2)17-9/h3-5,16H,6H2,1-2H3. The number of aromatic nitrogens is 1. The van der Waals surface area contributed by atoms with Gasteiger partial charge in [-0.15, -0.1) is 11.3 Å². The fraction of sp³-hybridized carbons (Fsp3) is 0.250. The van der Waals surface area contributed by atoms with Gasteiger partial charge >= 0.3 is 0 Å². The summed E-state index contributed by atoms with van der Waals surface area (Å²) >= 11 is 8.86. The lowest BCUT2D eigenvalue weighted by atomic mass is 10.2. The Morgan fingerprint density at radius 3 is 2.41 bits per heavy atom. The van der Waals surface area contributed by atoms with Gasteiger partial charge in [-0.3, -0.25) is 0 Å². The summed E-state index contributed by atoms with van der Waals surface area (Å²) in [6.45, 7) is 4.89. The van der Waals surface area contributed by atoms with Crippen LogP contribution in [-0.2, 0) is 6.54 Å². The van der Waals surface area contributed by atoms with Gasteiger partial charge in [0.25, 0.3) is 0 Å². The summed E-state index contributed by atoms with van der Waals surface area (Å²) in [6, 6.07) is 4.20. The first-order valence-electron chi connectivity index (χ1n) is 5.17. The van der Waals surface area contributed by atoms with E-state index in [2.05, 4.69) is 61.2 Å². The molecule has 1 aromatic carbocycles. The number of benzene rings is 1. The zero-order valence-corrected chi connectivity index (χ0v) is 13.5. The second-order valence-corrected chi connectivity index (χ2v) is 6.83. The molecule has 0 spiro atoms. The van der Waals surface area contributed by atoms with Crippen molar-refractivity contribution in [1.29, 1.82) is 0 Å². The summed E-state index contributed by atoms with van der Waals surface area (Å²) in [6.07, 6.45) is 1.92. The van der Waals surface area contributed by atoms with E-state index >= 15 is 0 Å². The topological polar surface area (TPSA) is 24.9 Å². The summed E-state index contributed by atoms with van der Waals surface area (Å²) < 4.78 is 2.15. The molecule has 2 nitrogen and oxygen atoms in total. The molecule has 0 atom stereocenters. The van der Waals surface area contributed by atoms with Gasteiger partial charge in [0.1, 0.15) is 0 Å². The molecule has 0 saturated carbocycles. The van der Waals surface area contributed by atoms with Crippen LogP contribution in [0.15, 0.2) is 27.3 Å². The number of nitrogens with one attached hydrogen (secondary N) is 1.